The number of carbonyl (C=O) groups is 2. The third-order valence-corrected chi connectivity index (χ3v) is 5.24. The standard InChI is InChI=1S/C16H28N2O3/c1-15(2)8-6-7-12(15)17-14(21)18-16(11-13(19)20)9-4-3-5-10-16/h12H,3-11H2,1-2H3,(H,19,20)(H2,17,18,21). The van der Waals surface area contributed by atoms with Gasteiger partial charge in [0.2, 0.25) is 0 Å². The number of aliphatic carboxylic acids is 1. The van der Waals surface area contributed by atoms with Gasteiger partial charge in [0.1, 0.15) is 0 Å². The van der Waals surface area contributed by atoms with Gasteiger partial charge in [0, 0.05) is 6.04 Å². The molecule has 0 bridgehead atoms. The summed E-state index contributed by atoms with van der Waals surface area (Å²) in [6.07, 6.45) is 7.92. The Morgan fingerprint density at radius 3 is 2.29 bits per heavy atom. The molecule has 0 spiro atoms. The molecule has 2 aliphatic rings. The van der Waals surface area contributed by atoms with Crippen molar-refractivity contribution in [2.24, 2.45) is 5.41 Å². The summed E-state index contributed by atoms with van der Waals surface area (Å²) in [5.41, 5.74) is -0.430. The molecule has 5 nitrogen and oxygen atoms in total. The van der Waals surface area contributed by atoms with E-state index in [0.717, 1.165) is 51.4 Å². The third kappa shape index (κ3) is 4.11. The van der Waals surface area contributed by atoms with Crippen LogP contribution in [0.2, 0.25) is 0 Å². The van der Waals surface area contributed by atoms with Crippen molar-refractivity contribution in [2.75, 3.05) is 0 Å². The first-order chi connectivity index (χ1) is 9.83. The monoisotopic (exact) mass is 296 g/mol. The van der Waals surface area contributed by atoms with Gasteiger partial charge in [-0.1, -0.05) is 39.5 Å². The van der Waals surface area contributed by atoms with Gasteiger partial charge in [-0.05, 0) is 31.1 Å². The van der Waals surface area contributed by atoms with E-state index in [0.29, 0.717) is 0 Å². The average Bonchev–Trinajstić information content (AvgIpc) is 2.68. The summed E-state index contributed by atoms with van der Waals surface area (Å²) >= 11 is 0. The number of rotatable bonds is 4. The lowest BCUT2D eigenvalue weighted by Gasteiger charge is -2.38. The number of hydrogen-bond acceptors (Lipinski definition) is 2. The van der Waals surface area contributed by atoms with Crippen molar-refractivity contribution in [3.05, 3.63) is 0 Å². The van der Waals surface area contributed by atoms with Crippen LogP contribution in [0.15, 0.2) is 0 Å². The first-order valence-electron chi connectivity index (χ1n) is 8.14. The normalized spacial score (nSPS) is 27.0. The molecule has 0 aliphatic heterocycles. The van der Waals surface area contributed by atoms with Gasteiger partial charge in [-0.3, -0.25) is 4.79 Å². The van der Waals surface area contributed by atoms with Crippen molar-refractivity contribution < 1.29 is 14.7 Å². The van der Waals surface area contributed by atoms with E-state index in [1.54, 1.807) is 0 Å². The van der Waals surface area contributed by atoms with E-state index < -0.39 is 11.5 Å². The first-order valence-corrected chi connectivity index (χ1v) is 8.14. The highest BCUT2D eigenvalue weighted by Crippen LogP contribution is 2.37. The summed E-state index contributed by atoms with van der Waals surface area (Å²) in [4.78, 5) is 23.5. The first kappa shape index (κ1) is 16.1. The molecule has 0 saturated heterocycles. The van der Waals surface area contributed by atoms with Crippen LogP contribution in [0, 0.1) is 5.41 Å². The van der Waals surface area contributed by atoms with E-state index in [2.05, 4.69) is 24.5 Å². The van der Waals surface area contributed by atoms with Crippen LogP contribution in [0.5, 0.6) is 0 Å². The molecule has 120 valence electrons. The highest BCUT2D eigenvalue weighted by molar-refractivity contribution is 5.77. The molecule has 1 unspecified atom stereocenters. The Morgan fingerprint density at radius 2 is 1.76 bits per heavy atom. The Labute approximate surface area is 126 Å². The fraction of sp³-hybridized carbons (Fsp3) is 0.875. The summed E-state index contributed by atoms with van der Waals surface area (Å²) in [7, 11) is 0. The van der Waals surface area contributed by atoms with Crippen LogP contribution in [0.4, 0.5) is 4.79 Å². The van der Waals surface area contributed by atoms with Gasteiger partial charge in [-0.15, -0.1) is 0 Å². The fourth-order valence-electron chi connectivity index (χ4n) is 3.89. The van der Waals surface area contributed by atoms with Crippen LogP contribution < -0.4 is 10.6 Å². The van der Waals surface area contributed by atoms with Crippen LogP contribution in [0.3, 0.4) is 0 Å². The lowest BCUT2D eigenvalue weighted by molar-refractivity contribution is -0.139. The molecule has 0 radical (unpaired) electrons. The Morgan fingerprint density at radius 1 is 1.10 bits per heavy atom. The maximum Gasteiger partial charge on any atom is 0.315 e. The van der Waals surface area contributed by atoms with E-state index in [4.69, 9.17) is 5.11 Å². The zero-order chi connectivity index (χ0) is 15.5. The second kappa shape index (κ2) is 6.24. The van der Waals surface area contributed by atoms with Gasteiger partial charge in [0.15, 0.2) is 0 Å². The largest absolute Gasteiger partial charge is 0.481 e. The average molecular weight is 296 g/mol. The zero-order valence-electron chi connectivity index (χ0n) is 13.2. The molecule has 2 saturated carbocycles. The van der Waals surface area contributed by atoms with Crippen molar-refractivity contribution >= 4 is 12.0 Å². The van der Waals surface area contributed by atoms with Crippen LogP contribution in [-0.4, -0.2) is 28.7 Å². The maximum absolute atomic E-state index is 12.3. The molecule has 2 rings (SSSR count). The van der Waals surface area contributed by atoms with Crippen molar-refractivity contribution in [1.82, 2.24) is 10.6 Å². The second-order valence-corrected chi connectivity index (χ2v) is 7.44. The molecule has 3 N–H and O–H groups in total. The van der Waals surface area contributed by atoms with E-state index in [9.17, 15) is 9.59 Å². The summed E-state index contributed by atoms with van der Waals surface area (Å²) < 4.78 is 0. The van der Waals surface area contributed by atoms with Crippen LogP contribution in [0.25, 0.3) is 0 Å². The van der Waals surface area contributed by atoms with Gasteiger partial charge >= 0.3 is 12.0 Å². The quantitative estimate of drug-likeness (QED) is 0.746. The minimum Gasteiger partial charge on any atom is -0.481 e. The minimum atomic E-state index is -0.835. The SMILES string of the molecule is CC1(C)CCCC1NC(=O)NC1(CC(=O)O)CCCCC1. The van der Waals surface area contributed by atoms with Gasteiger partial charge in [-0.2, -0.15) is 0 Å². The van der Waals surface area contributed by atoms with E-state index >= 15 is 0 Å². The van der Waals surface area contributed by atoms with Crippen molar-refractivity contribution in [3.8, 4) is 0 Å². The molecule has 0 aromatic rings. The summed E-state index contributed by atoms with van der Waals surface area (Å²) in [5.74, 6) is -0.835. The molecule has 0 aromatic carbocycles. The number of hydrogen-bond donors (Lipinski definition) is 3. The van der Waals surface area contributed by atoms with E-state index in [1.807, 2.05) is 0 Å². The van der Waals surface area contributed by atoms with E-state index in [-0.39, 0.29) is 23.9 Å². The van der Waals surface area contributed by atoms with Crippen molar-refractivity contribution in [2.45, 2.75) is 83.2 Å². The van der Waals surface area contributed by atoms with Crippen LogP contribution in [-0.2, 0) is 4.79 Å². The smallest absolute Gasteiger partial charge is 0.315 e. The minimum absolute atomic E-state index is 0.0223. The molecular formula is C16H28N2O3. The summed E-state index contributed by atoms with van der Waals surface area (Å²) in [6.45, 7) is 4.36. The lowest BCUT2D eigenvalue weighted by Crippen LogP contribution is -2.56. The molecule has 2 fully saturated rings. The number of carboxylic acids is 1. The van der Waals surface area contributed by atoms with Gasteiger partial charge in [-0.25, -0.2) is 4.79 Å². The van der Waals surface area contributed by atoms with E-state index in [1.165, 1.54) is 0 Å². The third-order valence-electron chi connectivity index (χ3n) is 5.24. The van der Waals surface area contributed by atoms with Crippen LogP contribution >= 0.6 is 0 Å². The Kier molecular flexibility index (Phi) is 4.79. The van der Waals surface area contributed by atoms with Gasteiger partial charge in [0.25, 0.3) is 0 Å². The molecular weight excluding hydrogens is 268 g/mol. The number of carboxylic acid groups (broad SMARTS) is 1. The molecule has 1 atom stereocenters. The van der Waals surface area contributed by atoms with Crippen LogP contribution in [0.1, 0.15) is 71.6 Å². The van der Waals surface area contributed by atoms with Gasteiger partial charge in [0.05, 0.1) is 12.0 Å². The van der Waals surface area contributed by atoms with Crippen molar-refractivity contribution in [3.63, 3.8) is 0 Å². The zero-order valence-corrected chi connectivity index (χ0v) is 13.2. The fourth-order valence-corrected chi connectivity index (χ4v) is 3.89. The predicted molar refractivity (Wildman–Crippen MR) is 81.2 cm³/mol. The second-order valence-electron chi connectivity index (χ2n) is 7.44. The molecule has 5 heteroatoms. The Hall–Kier alpha value is -1.26. The lowest BCUT2D eigenvalue weighted by atomic mass is 9.79. The highest BCUT2D eigenvalue weighted by atomic mass is 16.4. The summed E-state index contributed by atoms with van der Waals surface area (Å²) in [6, 6.07) is -0.0129. The number of carbonyl (C=O) groups excluding carboxylic acids is 1. The number of nitrogens with one attached hydrogen (secondary N) is 2. The number of amides is 2. The molecule has 2 aliphatic carbocycles. The molecule has 2 amide bonds. The summed E-state index contributed by atoms with van der Waals surface area (Å²) in [5, 5.41) is 15.2. The Balaban J connectivity index is 1.96. The highest BCUT2D eigenvalue weighted by Gasteiger charge is 2.39. The number of urea groups is 1. The van der Waals surface area contributed by atoms with Crippen molar-refractivity contribution in [1.29, 1.82) is 0 Å². The molecule has 0 aromatic heterocycles. The Bertz CT molecular complexity index is 400. The maximum atomic E-state index is 12.3. The topological polar surface area (TPSA) is 78.4 Å². The molecule has 0 heterocycles. The predicted octanol–water partition coefficient (Wildman–Crippen LogP) is 3.04. The molecule has 21 heavy (non-hydrogen) atoms. The van der Waals surface area contributed by atoms with Gasteiger partial charge < -0.3 is 15.7 Å².